The van der Waals surface area contributed by atoms with Crippen LogP contribution < -0.4 is 5.73 Å². The van der Waals surface area contributed by atoms with Gasteiger partial charge in [0.1, 0.15) is 5.84 Å². The van der Waals surface area contributed by atoms with Crippen molar-refractivity contribution in [1.82, 2.24) is 9.78 Å². The summed E-state index contributed by atoms with van der Waals surface area (Å²) in [4.78, 5) is 0. The van der Waals surface area contributed by atoms with Crippen molar-refractivity contribution in [2.45, 2.75) is 47.1 Å². The third-order valence-corrected chi connectivity index (χ3v) is 3.81. The zero-order valence-electron chi connectivity index (χ0n) is 11.4. The maximum Gasteiger partial charge on any atom is 0.144 e. The van der Waals surface area contributed by atoms with Gasteiger partial charge in [0, 0.05) is 12.0 Å². The van der Waals surface area contributed by atoms with Crippen LogP contribution in [0.1, 0.15) is 38.1 Å². The Morgan fingerprint density at radius 1 is 1.50 bits per heavy atom. The van der Waals surface area contributed by atoms with E-state index in [1.807, 2.05) is 32.4 Å². The van der Waals surface area contributed by atoms with Crippen LogP contribution in [-0.4, -0.2) is 20.8 Å². The van der Waals surface area contributed by atoms with Crippen molar-refractivity contribution in [1.29, 1.82) is 0 Å². The van der Waals surface area contributed by atoms with Crippen LogP contribution in [0.3, 0.4) is 0 Å². The van der Waals surface area contributed by atoms with Crippen molar-refractivity contribution in [2.75, 3.05) is 0 Å². The lowest BCUT2D eigenvalue weighted by Crippen LogP contribution is -2.32. The summed E-state index contributed by atoms with van der Waals surface area (Å²) >= 11 is 6.08. The number of aryl methyl sites for hydroxylation is 2. The number of nitrogens with two attached hydrogens (primary N) is 1. The van der Waals surface area contributed by atoms with E-state index in [4.69, 9.17) is 22.5 Å². The summed E-state index contributed by atoms with van der Waals surface area (Å²) in [6.45, 7) is 8.54. The summed E-state index contributed by atoms with van der Waals surface area (Å²) < 4.78 is 1.90. The highest BCUT2D eigenvalue weighted by Gasteiger charge is 2.23. The van der Waals surface area contributed by atoms with Crippen LogP contribution in [0.4, 0.5) is 0 Å². The molecule has 18 heavy (non-hydrogen) atoms. The standard InChI is InChI=1S/C12H21ClN4O/c1-8-10(13)9(2)17(15-8)7-5-6-12(3,4)11(14)16-18/h18H,5-7H2,1-4H3,(H2,14,16). The lowest BCUT2D eigenvalue weighted by Gasteiger charge is -2.22. The van der Waals surface area contributed by atoms with Crippen LogP contribution in [0.2, 0.25) is 5.02 Å². The fourth-order valence-electron chi connectivity index (χ4n) is 1.83. The Hall–Kier alpha value is -1.23. The first-order chi connectivity index (χ1) is 8.29. The van der Waals surface area contributed by atoms with Gasteiger partial charge < -0.3 is 10.9 Å². The first-order valence-electron chi connectivity index (χ1n) is 5.97. The molecule has 0 aliphatic heterocycles. The van der Waals surface area contributed by atoms with E-state index in [2.05, 4.69) is 10.3 Å². The van der Waals surface area contributed by atoms with Crippen LogP contribution >= 0.6 is 11.6 Å². The van der Waals surface area contributed by atoms with Gasteiger partial charge in [-0.05, 0) is 26.7 Å². The first kappa shape index (κ1) is 14.8. The molecule has 0 saturated heterocycles. The second kappa shape index (κ2) is 5.61. The SMILES string of the molecule is Cc1nn(CCCC(C)(C)C(N)=NO)c(C)c1Cl. The summed E-state index contributed by atoms with van der Waals surface area (Å²) in [5.74, 6) is 0.258. The molecule has 0 fully saturated rings. The molecule has 0 radical (unpaired) electrons. The van der Waals surface area contributed by atoms with Crippen LogP contribution in [0.25, 0.3) is 0 Å². The molecule has 0 unspecified atom stereocenters. The number of hydrogen-bond donors (Lipinski definition) is 2. The zero-order chi connectivity index (χ0) is 13.9. The molecule has 5 nitrogen and oxygen atoms in total. The second-order valence-corrected chi connectivity index (χ2v) is 5.56. The van der Waals surface area contributed by atoms with Gasteiger partial charge in [0.2, 0.25) is 0 Å². The largest absolute Gasteiger partial charge is 0.409 e. The fraction of sp³-hybridized carbons (Fsp3) is 0.667. The predicted octanol–water partition coefficient (Wildman–Crippen LogP) is 2.71. The lowest BCUT2D eigenvalue weighted by molar-refractivity contribution is 0.303. The van der Waals surface area contributed by atoms with Crippen molar-refractivity contribution in [3.63, 3.8) is 0 Å². The van der Waals surface area contributed by atoms with Gasteiger partial charge in [0.05, 0.1) is 16.4 Å². The average Bonchev–Trinajstić information content (AvgIpc) is 2.56. The molecule has 0 saturated carbocycles. The number of nitrogens with zero attached hydrogens (tertiary/aromatic N) is 3. The van der Waals surface area contributed by atoms with Gasteiger partial charge >= 0.3 is 0 Å². The van der Waals surface area contributed by atoms with E-state index in [1.165, 1.54) is 0 Å². The third kappa shape index (κ3) is 3.16. The number of halogens is 1. The smallest absolute Gasteiger partial charge is 0.144 e. The van der Waals surface area contributed by atoms with Crippen molar-refractivity contribution in [3.05, 3.63) is 16.4 Å². The molecule has 0 bridgehead atoms. The quantitative estimate of drug-likeness (QED) is 0.374. The Kier molecular flexibility index (Phi) is 4.62. The van der Waals surface area contributed by atoms with Crippen molar-refractivity contribution in [2.24, 2.45) is 16.3 Å². The van der Waals surface area contributed by atoms with E-state index in [9.17, 15) is 0 Å². The number of oxime groups is 1. The lowest BCUT2D eigenvalue weighted by atomic mass is 9.86. The molecule has 3 N–H and O–H groups in total. The van der Waals surface area contributed by atoms with Gasteiger partial charge in [-0.15, -0.1) is 0 Å². The maximum atomic E-state index is 8.70. The van der Waals surface area contributed by atoms with E-state index in [1.54, 1.807) is 0 Å². The monoisotopic (exact) mass is 272 g/mol. The molecule has 6 heteroatoms. The highest BCUT2D eigenvalue weighted by molar-refractivity contribution is 6.31. The van der Waals surface area contributed by atoms with Crippen LogP contribution in [-0.2, 0) is 6.54 Å². The average molecular weight is 273 g/mol. The first-order valence-corrected chi connectivity index (χ1v) is 6.35. The summed E-state index contributed by atoms with van der Waals surface area (Å²) in [6, 6.07) is 0. The highest BCUT2D eigenvalue weighted by Crippen LogP contribution is 2.24. The van der Waals surface area contributed by atoms with Crippen molar-refractivity contribution < 1.29 is 5.21 Å². The second-order valence-electron chi connectivity index (χ2n) is 5.18. The molecule has 0 atom stereocenters. The molecule has 0 aliphatic carbocycles. The summed E-state index contributed by atoms with van der Waals surface area (Å²) in [5, 5.41) is 16.9. The summed E-state index contributed by atoms with van der Waals surface area (Å²) in [5.41, 5.74) is 7.17. The van der Waals surface area contributed by atoms with E-state index in [-0.39, 0.29) is 11.3 Å². The molecular formula is C12H21ClN4O. The van der Waals surface area contributed by atoms with E-state index in [0.717, 1.165) is 35.8 Å². The van der Waals surface area contributed by atoms with E-state index < -0.39 is 0 Å². The van der Waals surface area contributed by atoms with Gasteiger partial charge in [-0.1, -0.05) is 30.6 Å². The van der Waals surface area contributed by atoms with E-state index >= 15 is 0 Å². The van der Waals surface area contributed by atoms with Crippen molar-refractivity contribution >= 4 is 17.4 Å². The molecule has 102 valence electrons. The number of aromatic nitrogens is 2. The Morgan fingerprint density at radius 2 is 2.11 bits per heavy atom. The third-order valence-electron chi connectivity index (χ3n) is 3.27. The van der Waals surface area contributed by atoms with Gasteiger partial charge in [0.15, 0.2) is 0 Å². The normalized spacial score (nSPS) is 13.1. The number of amidine groups is 1. The van der Waals surface area contributed by atoms with Gasteiger partial charge in [0.25, 0.3) is 0 Å². The minimum atomic E-state index is -0.311. The molecular weight excluding hydrogens is 252 g/mol. The molecule has 1 aromatic heterocycles. The van der Waals surface area contributed by atoms with Crippen molar-refractivity contribution in [3.8, 4) is 0 Å². The molecule has 1 aromatic rings. The number of hydrogen-bond acceptors (Lipinski definition) is 3. The highest BCUT2D eigenvalue weighted by atomic mass is 35.5. The molecule has 0 amide bonds. The predicted molar refractivity (Wildman–Crippen MR) is 73.1 cm³/mol. The van der Waals surface area contributed by atoms with Gasteiger partial charge in [-0.3, -0.25) is 4.68 Å². The molecule has 1 heterocycles. The topological polar surface area (TPSA) is 76.4 Å². The summed E-state index contributed by atoms with van der Waals surface area (Å²) in [7, 11) is 0. The molecule has 1 rings (SSSR count). The van der Waals surface area contributed by atoms with Crippen LogP contribution in [0.5, 0.6) is 0 Å². The minimum absolute atomic E-state index is 0.258. The Balaban J connectivity index is 2.59. The van der Waals surface area contributed by atoms with Gasteiger partial charge in [-0.2, -0.15) is 5.10 Å². The Bertz CT molecular complexity index is 451. The Morgan fingerprint density at radius 3 is 2.56 bits per heavy atom. The molecule has 0 spiro atoms. The van der Waals surface area contributed by atoms with E-state index in [0.29, 0.717) is 0 Å². The molecule has 0 aliphatic rings. The summed E-state index contributed by atoms with van der Waals surface area (Å²) in [6.07, 6.45) is 1.71. The Labute approximate surface area is 113 Å². The van der Waals surface area contributed by atoms with Gasteiger partial charge in [-0.25, -0.2) is 0 Å². The number of rotatable bonds is 5. The van der Waals surface area contributed by atoms with Crippen LogP contribution in [0.15, 0.2) is 5.16 Å². The minimum Gasteiger partial charge on any atom is -0.409 e. The van der Waals surface area contributed by atoms with Crippen LogP contribution in [0, 0.1) is 19.3 Å². The molecule has 0 aromatic carbocycles. The fourth-order valence-corrected chi connectivity index (χ4v) is 1.96. The zero-order valence-corrected chi connectivity index (χ0v) is 12.1. The maximum absolute atomic E-state index is 8.70.